The Hall–Kier alpha value is -0.520. The van der Waals surface area contributed by atoms with E-state index in [1.807, 2.05) is 0 Å². The molecule has 0 spiro atoms. The average Bonchev–Trinajstić information content (AvgIpc) is 2.66. The van der Waals surface area contributed by atoms with Gasteiger partial charge in [-0.05, 0) is 25.7 Å². The van der Waals surface area contributed by atoms with Gasteiger partial charge >= 0.3 is 0 Å². The molecule has 3 atom stereocenters. The Balaban J connectivity index is 2.30. The quantitative estimate of drug-likeness (QED) is 0.662. The average molecular weight is 181 g/mol. The molecule has 1 heterocycles. The van der Waals surface area contributed by atoms with E-state index in [9.17, 15) is 0 Å². The molecule has 0 amide bonds. The van der Waals surface area contributed by atoms with Gasteiger partial charge in [-0.15, -0.1) is 6.42 Å². The highest BCUT2D eigenvalue weighted by Crippen LogP contribution is 2.16. The number of nitrogens with one attached hydrogen (secondary N) is 1. The lowest BCUT2D eigenvalue weighted by atomic mass is 9.99. The summed E-state index contributed by atoms with van der Waals surface area (Å²) in [5.41, 5.74) is 0. The Morgan fingerprint density at radius 2 is 2.46 bits per heavy atom. The van der Waals surface area contributed by atoms with Crippen LogP contribution < -0.4 is 5.32 Å². The van der Waals surface area contributed by atoms with Gasteiger partial charge in [-0.25, -0.2) is 0 Å². The topological polar surface area (TPSA) is 21.3 Å². The van der Waals surface area contributed by atoms with Crippen LogP contribution in [-0.4, -0.2) is 25.3 Å². The fourth-order valence-corrected chi connectivity index (χ4v) is 1.68. The minimum atomic E-state index is 0.218. The van der Waals surface area contributed by atoms with Gasteiger partial charge in [-0.3, -0.25) is 0 Å². The first-order valence-electron chi connectivity index (χ1n) is 5.07. The monoisotopic (exact) mass is 181 g/mol. The highest BCUT2D eigenvalue weighted by atomic mass is 16.5. The largest absolute Gasteiger partial charge is 0.381 e. The zero-order chi connectivity index (χ0) is 9.68. The Morgan fingerprint density at radius 3 is 2.92 bits per heavy atom. The maximum atomic E-state index is 5.39. The van der Waals surface area contributed by atoms with Crippen LogP contribution >= 0.6 is 0 Å². The molecule has 1 saturated heterocycles. The molecule has 3 unspecified atom stereocenters. The number of rotatable bonds is 4. The third kappa shape index (κ3) is 3.02. The van der Waals surface area contributed by atoms with Crippen LogP contribution in [0.2, 0.25) is 0 Å². The zero-order valence-corrected chi connectivity index (χ0v) is 8.55. The van der Waals surface area contributed by atoms with Crippen molar-refractivity contribution >= 4 is 0 Å². The van der Waals surface area contributed by atoms with Crippen molar-refractivity contribution < 1.29 is 4.74 Å². The van der Waals surface area contributed by atoms with E-state index in [0.29, 0.717) is 12.0 Å². The first kappa shape index (κ1) is 10.6. The number of ether oxygens (including phenoxy) is 1. The van der Waals surface area contributed by atoms with E-state index >= 15 is 0 Å². The van der Waals surface area contributed by atoms with Crippen LogP contribution in [0, 0.1) is 18.3 Å². The lowest BCUT2D eigenvalue weighted by molar-refractivity contribution is 0.177. The highest BCUT2D eigenvalue weighted by Gasteiger charge is 2.23. The van der Waals surface area contributed by atoms with Crippen LogP contribution in [0.15, 0.2) is 0 Å². The van der Waals surface area contributed by atoms with Crippen LogP contribution in [0.4, 0.5) is 0 Å². The second-order valence-corrected chi connectivity index (χ2v) is 3.71. The van der Waals surface area contributed by atoms with Crippen molar-refractivity contribution in [1.82, 2.24) is 5.32 Å². The van der Waals surface area contributed by atoms with Crippen molar-refractivity contribution in [2.45, 2.75) is 38.8 Å². The third-order valence-corrected chi connectivity index (χ3v) is 2.75. The molecule has 0 aromatic carbocycles. The van der Waals surface area contributed by atoms with Gasteiger partial charge in [0.15, 0.2) is 0 Å². The van der Waals surface area contributed by atoms with E-state index in [2.05, 4.69) is 25.1 Å². The minimum Gasteiger partial charge on any atom is -0.381 e. The summed E-state index contributed by atoms with van der Waals surface area (Å²) in [6.45, 7) is 6.09. The van der Waals surface area contributed by atoms with E-state index in [1.165, 1.54) is 0 Å². The molecular formula is C11H19NO. The third-order valence-electron chi connectivity index (χ3n) is 2.75. The minimum absolute atomic E-state index is 0.218. The van der Waals surface area contributed by atoms with E-state index < -0.39 is 0 Å². The van der Waals surface area contributed by atoms with Gasteiger partial charge in [0, 0.05) is 12.6 Å². The van der Waals surface area contributed by atoms with Gasteiger partial charge in [0.25, 0.3) is 0 Å². The van der Waals surface area contributed by atoms with Crippen molar-refractivity contribution in [3.05, 3.63) is 0 Å². The maximum Gasteiger partial charge on any atom is 0.0686 e. The summed E-state index contributed by atoms with van der Waals surface area (Å²) >= 11 is 0. The van der Waals surface area contributed by atoms with Crippen molar-refractivity contribution in [2.24, 2.45) is 5.92 Å². The molecule has 1 aliphatic rings. The molecule has 0 saturated carbocycles. The van der Waals surface area contributed by atoms with E-state index in [4.69, 9.17) is 11.2 Å². The predicted octanol–water partition coefficient (Wildman–Crippen LogP) is 1.41. The molecule has 1 fully saturated rings. The van der Waals surface area contributed by atoms with Gasteiger partial charge in [0.05, 0.1) is 12.6 Å². The maximum absolute atomic E-state index is 5.39. The van der Waals surface area contributed by atoms with Crippen LogP contribution in [0.1, 0.15) is 26.7 Å². The normalized spacial score (nSPS) is 26.7. The van der Waals surface area contributed by atoms with Gasteiger partial charge in [0.1, 0.15) is 0 Å². The summed E-state index contributed by atoms with van der Waals surface area (Å²) in [7, 11) is 0. The molecule has 0 radical (unpaired) electrons. The molecule has 0 aliphatic carbocycles. The molecule has 2 heteroatoms. The van der Waals surface area contributed by atoms with Gasteiger partial charge in [-0.2, -0.15) is 0 Å². The van der Waals surface area contributed by atoms with E-state index in [-0.39, 0.29) is 6.04 Å². The van der Waals surface area contributed by atoms with Crippen molar-refractivity contribution in [1.29, 1.82) is 0 Å². The summed E-state index contributed by atoms with van der Waals surface area (Å²) in [6, 6.07) is 0.694. The Bertz CT molecular complexity index is 179. The van der Waals surface area contributed by atoms with Crippen molar-refractivity contribution in [3.63, 3.8) is 0 Å². The molecule has 0 aromatic heterocycles. The molecule has 1 rings (SSSR count). The predicted molar refractivity (Wildman–Crippen MR) is 54.4 cm³/mol. The molecule has 0 aromatic rings. The molecule has 1 N–H and O–H groups in total. The molecule has 74 valence electrons. The number of hydrogen-bond donors (Lipinski definition) is 1. The number of hydrogen-bond acceptors (Lipinski definition) is 2. The van der Waals surface area contributed by atoms with E-state index in [0.717, 1.165) is 26.1 Å². The molecule has 1 aliphatic heterocycles. The zero-order valence-electron chi connectivity index (χ0n) is 8.55. The van der Waals surface area contributed by atoms with E-state index in [1.54, 1.807) is 0 Å². The highest BCUT2D eigenvalue weighted by molar-refractivity contribution is 4.99. The van der Waals surface area contributed by atoms with Crippen molar-refractivity contribution in [2.75, 3.05) is 13.2 Å². The summed E-state index contributed by atoms with van der Waals surface area (Å²) in [5, 5.41) is 3.44. The van der Waals surface area contributed by atoms with Gasteiger partial charge in [-0.1, -0.05) is 12.8 Å². The lowest BCUT2D eigenvalue weighted by Crippen LogP contribution is -2.40. The summed E-state index contributed by atoms with van der Waals surface area (Å²) in [5.74, 6) is 3.40. The lowest BCUT2D eigenvalue weighted by Gasteiger charge is -2.22. The standard InChI is InChI=1S/C11H19NO/c1-4-11(5-2)12-9(3)10-6-7-13-8-10/h1,9-12H,5-8H2,2-3H3. The molecule has 2 nitrogen and oxygen atoms in total. The fourth-order valence-electron chi connectivity index (χ4n) is 1.68. The van der Waals surface area contributed by atoms with Gasteiger partial charge < -0.3 is 10.1 Å². The smallest absolute Gasteiger partial charge is 0.0686 e. The Kier molecular flexibility index (Phi) is 4.27. The van der Waals surface area contributed by atoms with Crippen LogP contribution in [0.3, 0.4) is 0 Å². The second kappa shape index (κ2) is 5.26. The fraction of sp³-hybridized carbons (Fsp3) is 0.818. The van der Waals surface area contributed by atoms with Crippen molar-refractivity contribution in [3.8, 4) is 12.3 Å². The number of terminal acetylenes is 1. The van der Waals surface area contributed by atoms with Crippen LogP contribution in [0.25, 0.3) is 0 Å². The second-order valence-electron chi connectivity index (χ2n) is 3.71. The summed E-state index contributed by atoms with van der Waals surface area (Å²) in [4.78, 5) is 0. The Morgan fingerprint density at radius 1 is 1.69 bits per heavy atom. The van der Waals surface area contributed by atoms with Crippen LogP contribution in [0.5, 0.6) is 0 Å². The molecule has 0 bridgehead atoms. The summed E-state index contributed by atoms with van der Waals surface area (Å²) < 4.78 is 5.34. The first-order chi connectivity index (χ1) is 6.27. The van der Waals surface area contributed by atoms with Crippen LogP contribution in [-0.2, 0) is 4.74 Å². The SMILES string of the molecule is C#CC(CC)NC(C)C1CCOC1. The Labute approximate surface area is 81.0 Å². The first-order valence-corrected chi connectivity index (χ1v) is 5.07. The summed E-state index contributed by atoms with van der Waals surface area (Å²) in [6.07, 6.45) is 7.54. The molecule has 13 heavy (non-hydrogen) atoms. The molecular weight excluding hydrogens is 162 g/mol. The van der Waals surface area contributed by atoms with Gasteiger partial charge in [0.2, 0.25) is 0 Å².